The van der Waals surface area contributed by atoms with Crippen LogP contribution in [0.4, 0.5) is 33.6 Å². The molecule has 2 aliphatic heterocycles. The van der Waals surface area contributed by atoms with E-state index in [9.17, 15) is 41.1 Å². The van der Waals surface area contributed by atoms with Gasteiger partial charge in [-0.05, 0) is 104 Å². The molecule has 0 bridgehead atoms. The van der Waals surface area contributed by atoms with E-state index in [1.165, 1.54) is 54.9 Å². The Hall–Kier alpha value is -7.51. The van der Waals surface area contributed by atoms with Gasteiger partial charge in [0.1, 0.15) is 47.0 Å². The maximum absolute atomic E-state index is 13.6. The number of amides is 2. The van der Waals surface area contributed by atoms with E-state index in [1.807, 2.05) is 4.90 Å². The second-order valence-corrected chi connectivity index (χ2v) is 18.6. The topological polar surface area (TPSA) is 184 Å². The van der Waals surface area contributed by atoms with Crippen molar-refractivity contribution >= 4 is 58.6 Å². The number of carboxylic acids is 2. The molecule has 4 aromatic carbocycles. The highest BCUT2D eigenvalue weighted by Gasteiger charge is 2.48. The molecule has 10 rings (SSSR count). The Bertz CT molecular complexity index is 3070. The van der Waals surface area contributed by atoms with Crippen LogP contribution in [0.5, 0.6) is 11.5 Å². The molecule has 72 heavy (non-hydrogen) atoms. The number of rotatable bonds is 14. The van der Waals surface area contributed by atoms with Crippen LogP contribution in [-0.2, 0) is 17.3 Å². The molecular weight excluding hydrogens is 990 g/mol. The zero-order chi connectivity index (χ0) is 51.1. The van der Waals surface area contributed by atoms with Crippen LogP contribution in [-0.4, -0.2) is 82.3 Å². The fourth-order valence-electron chi connectivity index (χ4n) is 8.45. The molecule has 4 N–H and O–H groups in total. The lowest BCUT2D eigenvalue weighted by Crippen LogP contribution is -2.55. The number of hydrogen-bond donors (Lipinski definition) is 4. The molecule has 4 aliphatic rings. The molecule has 4 heterocycles. The molecule has 0 atom stereocenters. The second-order valence-electron chi connectivity index (χ2n) is 17.8. The summed E-state index contributed by atoms with van der Waals surface area (Å²) in [5.74, 6) is -3.34. The van der Waals surface area contributed by atoms with E-state index in [0.717, 1.165) is 30.0 Å². The Morgan fingerprint density at radius 3 is 1.43 bits per heavy atom. The highest BCUT2D eigenvalue weighted by Crippen LogP contribution is 2.47. The number of anilines is 2. The summed E-state index contributed by atoms with van der Waals surface area (Å²) in [5, 5.41) is 24.9. The van der Waals surface area contributed by atoms with Gasteiger partial charge in [-0.2, -0.15) is 13.2 Å². The van der Waals surface area contributed by atoms with E-state index >= 15 is 0 Å². The summed E-state index contributed by atoms with van der Waals surface area (Å²) in [7, 11) is 0. The lowest BCUT2D eigenvalue weighted by Gasteiger charge is -2.40. The van der Waals surface area contributed by atoms with Crippen molar-refractivity contribution in [1.29, 1.82) is 0 Å². The molecule has 0 unspecified atom stereocenters. The van der Waals surface area contributed by atoms with E-state index in [-0.39, 0.29) is 58.4 Å². The average Bonchev–Trinajstić information content (AvgIpc) is 4.27. The Balaban J connectivity index is 0.000000179. The van der Waals surface area contributed by atoms with Crippen LogP contribution in [0.3, 0.4) is 0 Å². The molecule has 0 radical (unpaired) electrons. The van der Waals surface area contributed by atoms with E-state index in [0.29, 0.717) is 66.0 Å². The Labute approximate surface area is 417 Å². The zero-order valence-corrected chi connectivity index (χ0v) is 39.1. The monoisotopic (exact) mass is 1030 g/mol. The van der Waals surface area contributed by atoms with Gasteiger partial charge in [0.05, 0.1) is 75.1 Å². The first-order valence-corrected chi connectivity index (χ1v) is 23.1. The van der Waals surface area contributed by atoms with Gasteiger partial charge in [0.15, 0.2) is 0 Å². The number of alkyl halides is 3. The molecule has 4 fully saturated rings. The van der Waals surface area contributed by atoms with Crippen LogP contribution in [0.2, 0.25) is 10.0 Å². The number of aromatic carboxylic acids is 2. The van der Waals surface area contributed by atoms with Gasteiger partial charge in [-0.15, -0.1) is 0 Å². The second kappa shape index (κ2) is 19.6. The minimum Gasteiger partial charge on any atom is -0.487 e. The molecule has 0 spiro atoms. The third-order valence-electron chi connectivity index (χ3n) is 12.7. The van der Waals surface area contributed by atoms with Crippen LogP contribution in [0.1, 0.15) is 83.8 Å². The largest absolute Gasteiger partial charge is 0.487 e. The number of halogens is 7. The van der Waals surface area contributed by atoms with Crippen molar-refractivity contribution in [3.05, 3.63) is 176 Å². The number of benzene rings is 4. The first-order chi connectivity index (χ1) is 34.3. The van der Waals surface area contributed by atoms with Crippen molar-refractivity contribution in [1.82, 2.24) is 20.6 Å². The van der Waals surface area contributed by atoms with Gasteiger partial charge in [-0.25, -0.2) is 28.3 Å². The summed E-state index contributed by atoms with van der Waals surface area (Å²) in [6, 6.07) is 24.4. The normalized spacial score (nSPS) is 16.5. The van der Waals surface area contributed by atoms with Gasteiger partial charge >= 0.3 is 18.1 Å². The predicted molar refractivity (Wildman–Crippen MR) is 253 cm³/mol. The summed E-state index contributed by atoms with van der Waals surface area (Å²) >= 11 is 12.3. The zero-order valence-electron chi connectivity index (χ0n) is 37.6. The van der Waals surface area contributed by atoms with Crippen LogP contribution >= 0.6 is 23.2 Å². The molecule has 6 aromatic rings. The van der Waals surface area contributed by atoms with Gasteiger partial charge in [0, 0.05) is 18.5 Å². The summed E-state index contributed by atoms with van der Waals surface area (Å²) in [4.78, 5) is 61.2. The molecule has 372 valence electrons. The van der Waals surface area contributed by atoms with Crippen LogP contribution in [0, 0.1) is 11.6 Å². The Morgan fingerprint density at radius 2 is 1.04 bits per heavy atom. The minimum atomic E-state index is -4.85. The lowest BCUT2D eigenvalue weighted by molar-refractivity contribution is -0.140. The number of pyridine rings is 2. The van der Waals surface area contributed by atoms with Crippen molar-refractivity contribution in [3.8, 4) is 11.5 Å². The van der Waals surface area contributed by atoms with Crippen LogP contribution in [0.15, 0.2) is 116 Å². The van der Waals surface area contributed by atoms with Crippen molar-refractivity contribution < 1.29 is 60.8 Å². The standard InChI is InChI=1S/C26H20ClF4N3O4.C25H21ClFN3O4/c27-16-9-19(23(35)33-25(7-8-25)15-3-1-14(2-4-15)24(36)37)22(32-11-16)34-12-18(13-34)38-17-5-6-21(28)20(10-17)26(29,30)31;26-17-10-21(23(31)29-25(8-9-25)16-6-4-15(5-7-16)24(32)33)22(28-12-17)30-13-20(14-30)34-19-3-1-2-18(27)11-19/h1-6,9-11,18H,7-8,12-13H2,(H,33,35)(H,36,37);1-7,10-12,20H,8-9,13-14H2,(H,29,31)(H,32,33). The molecule has 14 nitrogen and oxygen atoms in total. The van der Waals surface area contributed by atoms with Crippen molar-refractivity contribution in [2.45, 2.75) is 55.1 Å². The number of carbonyl (C=O) groups is 4. The van der Waals surface area contributed by atoms with Gasteiger partial charge < -0.3 is 40.1 Å². The maximum atomic E-state index is 13.6. The highest BCUT2D eigenvalue weighted by atomic mass is 35.5. The Kier molecular flexibility index (Phi) is 13.5. The summed E-state index contributed by atoms with van der Waals surface area (Å²) in [6.45, 7) is 1.45. The smallest absolute Gasteiger partial charge is 0.419 e. The third kappa shape index (κ3) is 10.9. The summed E-state index contributed by atoms with van der Waals surface area (Å²) in [6.07, 6.45) is 0.221. The number of carboxylic acid groups (broad SMARTS) is 2. The quantitative estimate of drug-likeness (QED) is 0.0760. The van der Waals surface area contributed by atoms with Crippen LogP contribution < -0.4 is 29.9 Å². The number of aromatic nitrogens is 2. The highest BCUT2D eigenvalue weighted by molar-refractivity contribution is 6.31. The third-order valence-corrected chi connectivity index (χ3v) is 13.1. The molecule has 2 saturated carbocycles. The molecule has 2 saturated heterocycles. The minimum absolute atomic E-state index is 0.116. The van der Waals surface area contributed by atoms with Crippen molar-refractivity contribution in [2.75, 3.05) is 36.0 Å². The number of hydrogen-bond acceptors (Lipinski definition) is 10. The molecular formula is C51H41Cl2F5N6O8. The summed E-state index contributed by atoms with van der Waals surface area (Å²) in [5.41, 5.74) is -0.0373. The van der Waals surface area contributed by atoms with E-state index in [4.69, 9.17) is 42.9 Å². The van der Waals surface area contributed by atoms with E-state index in [2.05, 4.69) is 20.6 Å². The fourth-order valence-corrected chi connectivity index (χ4v) is 8.76. The van der Waals surface area contributed by atoms with Gasteiger partial charge in [0.2, 0.25) is 0 Å². The fraction of sp³-hybridized carbons (Fsp3) is 0.255. The molecule has 21 heteroatoms. The van der Waals surface area contributed by atoms with Crippen LogP contribution in [0.25, 0.3) is 0 Å². The Morgan fingerprint density at radius 1 is 0.611 bits per heavy atom. The van der Waals surface area contributed by atoms with Crippen molar-refractivity contribution in [3.63, 3.8) is 0 Å². The first-order valence-electron chi connectivity index (χ1n) is 22.4. The lowest BCUT2D eigenvalue weighted by atomic mass is 10.0. The van der Waals surface area contributed by atoms with Crippen molar-refractivity contribution in [2.24, 2.45) is 0 Å². The number of nitrogens with one attached hydrogen (secondary N) is 2. The van der Waals surface area contributed by atoms with E-state index < -0.39 is 52.6 Å². The molecule has 2 aromatic heterocycles. The SMILES string of the molecule is O=C(O)c1ccc(C2(NC(=O)c3cc(Cl)cnc3N3CC(Oc4ccc(F)c(C(F)(F)F)c4)C3)CC2)cc1.O=C(O)c1ccc(C2(NC(=O)c3cc(Cl)cnc3N3CC(Oc4cccc(F)c4)C3)CC2)cc1. The number of carbonyl (C=O) groups excluding carboxylic acids is 2. The van der Waals surface area contributed by atoms with Gasteiger partial charge in [-0.3, -0.25) is 9.59 Å². The average molecular weight is 1030 g/mol. The predicted octanol–water partition coefficient (Wildman–Crippen LogP) is 9.54. The summed E-state index contributed by atoms with van der Waals surface area (Å²) < 4.78 is 77.3. The van der Waals surface area contributed by atoms with E-state index in [1.54, 1.807) is 47.4 Å². The van der Waals surface area contributed by atoms with Gasteiger partial charge in [-0.1, -0.05) is 53.5 Å². The number of nitrogens with zero attached hydrogens (tertiary/aromatic N) is 4. The molecule has 2 aliphatic carbocycles. The van der Waals surface area contributed by atoms with Gasteiger partial charge in [0.25, 0.3) is 11.8 Å². The first kappa shape index (κ1) is 49.5. The molecule has 2 amide bonds. The number of ether oxygens (including phenoxy) is 2. The maximum Gasteiger partial charge on any atom is 0.419 e.